The molecule has 1 saturated carbocycles. The van der Waals surface area contributed by atoms with Crippen molar-refractivity contribution >= 4 is 11.9 Å². The van der Waals surface area contributed by atoms with Gasteiger partial charge in [0.2, 0.25) is 11.8 Å². The minimum atomic E-state index is -0.444. The molecule has 1 amide bonds. The molecule has 2 aromatic heterocycles. The van der Waals surface area contributed by atoms with Gasteiger partial charge in [-0.3, -0.25) is 19.3 Å². The normalized spacial score (nSPS) is 14.1. The largest absolute Gasteiger partial charge is 0.369 e. The SMILES string of the molecule is Cn1c(N)ncc(-c2ccc(C3(NC(=O)c4n[nH]c(Cc5ccccc5)n4)CC3)cc2)c1=O. The third-order valence-corrected chi connectivity index (χ3v) is 6.01. The molecule has 0 radical (unpaired) electrons. The van der Waals surface area contributed by atoms with Crippen molar-refractivity contribution in [2.45, 2.75) is 24.8 Å². The van der Waals surface area contributed by atoms with E-state index in [4.69, 9.17) is 5.73 Å². The summed E-state index contributed by atoms with van der Waals surface area (Å²) < 4.78 is 1.31. The first kappa shape index (κ1) is 20.6. The summed E-state index contributed by atoms with van der Waals surface area (Å²) in [6.45, 7) is 0. The van der Waals surface area contributed by atoms with E-state index in [2.05, 4.69) is 25.5 Å². The van der Waals surface area contributed by atoms with Crippen molar-refractivity contribution in [3.8, 4) is 11.1 Å². The maximum Gasteiger partial charge on any atom is 0.291 e. The topological polar surface area (TPSA) is 132 Å². The van der Waals surface area contributed by atoms with Crippen molar-refractivity contribution in [1.82, 2.24) is 30.0 Å². The molecule has 4 aromatic rings. The van der Waals surface area contributed by atoms with Gasteiger partial charge in [-0.05, 0) is 29.5 Å². The monoisotopic (exact) mass is 441 g/mol. The Bertz CT molecular complexity index is 1370. The molecule has 9 nitrogen and oxygen atoms in total. The lowest BCUT2D eigenvalue weighted by atomic mass is 10.0. The second-order valence-corrected chi connectivity index (χ2v) is 8.28. The van der Waals surface area contributed by atoms with E-state index >= 15 is 0 Å². The summed E-state index contributed by atoms with van der Waals surface area (Å²) in [7, 11) is 1.59. The lowest BCUT2D eigenvalue weighted by Crippen LogP contribution is -2.35. The molecule has 0 saturated heterocycles. The fourth-order valence-corrected chi connectivity index (χ4v) is 3.87. The first-order valence-corrected chi connectivity index (χ1v) is 10.7. The molecule has 166 valence electrons. The Morgan fingerprint density at radius 2 is 1.88 bits per heavy atom. The van der Waals surface area contributed by atoms with Gasteiger partial charge in [-0.15, -0.1) is 5.10 Å². The molecule has 2 heterocycles. The highest BCUT2D eigenvalue weighted by molar-refractivity contribution is 5.91. The zero-order chi connectivity index (χ0) is 23.0. The van der Waals surface area contributed by atoms with Gasteiger partial charge < -0.3 is 11.1 Å². The summed E-state index contributed by atoms with van der Waals surface area (Å²) in [6.07, 6.45) is 3.71. The third-order valence-electron chi connectivity index (χ3n) is 6.01. The number of rotatable bonds is 6. The van der Waals surface area contributed by atoms with E-state index in [0.717, 1.165) is 29.5 Å². The van der Waals surface area contributed by atoms with Crippen molar-refractivity contribution in [3.05, 3.63) is 93.9 Å². The van der Waals surface area contributed by atoms with E-state index in [9.17, 15) is 9.59 Å². The Morgan fingerprint density at radius 1 is 1.15 bits per heavy atom. The molecule has 1 aliphatic carbocycles. The number of benzene rings is 2. The molecular formula is C24H23N7O2. The average Bonchev–Trinajstić information content (AvgIpc) is 3.46. The number of nitrogens with one attached hydrogen (secondary N) is 2. The Balaban J connectivity index is 1.30. The van der Waals surface area contributed by atoms with Crippen LogP contribution in [0.2, 0.25) is 0 Å². The smallest absolute Gasteiger partial charge is 0.291 e. The predicted molar refractivity (Wildman–Crippen MR) is 123 cm³/mol. The Morgan fingerprint density at radius 3 is 2.58 bits per heavy atom. The van der Waals surface area contributed by atoms with Gasteiger partial charge in [-0.25, -0.2) is 9.97 Å². The van der Waals surface area contributed by atoms with Crippen molar-refractivity contribution in [2.24, 2.45) is 7.05 Å². The van der Waals surface area contributed by atoms with Crippen LogP contribution in [0.4, 0.5) is 5.95 Å². The van der Waals surface area contributed by atoms with Crippen molar-refractivity contribution in [3.63, 3.8) is 0 Å². The van der Waals surface area contributed by atoms with Crippen LogP contribution < -0.4 is 16.6 Å². The molecule has 0 unspecified atom stereocenters. The predicted octanol–water partition coefficient (Wildman–Crippen LogP) is 2.16. The molecule has 4 N–H and O–H groups in total. The molecular weight excluding hydrogens is 418 g/mol. The van der Waals surface area contributed by atoms with Gasteiger partial charge in [-0.1, -0.05) is 54.6 Å². The standard InChI is InChI=1S/C24H23N7O2/c1-31-22(33)18(14-26-23(31)25)16-7-9-17(10-8-16)24(11-12-24)28-21(32)20-27-19(29-30-20)13-15-5-3-2-4-6-15/h2-10,14H,11-13H2,1H3,(H2,25,26)(H,28,32)(H,27,29,30). The zero-order valence-corrected chi connectivity index (χ0v) is 18.1. The number of nitrogen functional groups attached to an aromatic ring is 1. The van der Waals surface area contributed by atoms with Crippen LogP contribution in [0.15, 0.2) is 65.6 Å². The van der Waals surface area contributed by atoms with Crippen molar-refractivity contribution in [2.75, 3.05) is 5.73 Å². The molecule has 0 bridgehead atoms. The molecule has 9 heteroatoms. The number of aromatic amines is 1. The van der Waals surface area contributed by atoms with Crippen LogP contribution >= 0.6 is 0 Å². The minimum Gasteiger partial charge on any atom is -0.369 e. The van der Waals surface area contributed by atoms with E-state index in [1.165, 1.54) is 10.8 Å². The van der Waals surface area contributed by atoms with Crippen molar-refractivity contribution in [1.29, 1.82) is 0 Å². The summed E-state index contributed by atoms with van der Waals surface area (Å²) in [4.78, 5) is 33.7. The summed E-state index contributed by atoms with van der Waals surface area (Å²) in [6, 6.07) is 17.5. The number of amides is 1. The lowest BCUT2D eigenvalue weighted by molar-refractivity contribution is 0.0920. The molecule has 1 fully saturated rings. The van der Waals surface area contributed by atoms with Gasteiger partial charge in [-0.2, -0.15) is 0 Å². The summed E-state index contributed by atoms with van der Waals surface area (Å²) in [5.74, 6) is 0.613. The van der Waals surface area contributed by atoms with Crippen LogP contribution in [-0.4, -0.2) is 30.6 Å². The summed E-state index contributed by atoms with van der Waals surface area (Å²) in [5, 5.41) is 10.0. The number of carbonyl (C=O) groups is 1. The van der Waals surface area contributed by atoms with E-state index in [1.807, 2.05) is 54.6 Å². The van der Waals surface area contributed by atoms with Gasteiger partial charge in [0.1, 0.15) is 5.82 Å². The number of hydrogen-bond donors (Lipinski definition) is 3. The van der Waals surface area contributed by atoms with Gasteiger partial charge in [0.15, 0.2) is 0 Å². The fourth-order valence-electron chi connectivity index (χ4n) is 3.87. The number of H-pyrrole nitrogens is 1. The first-order valence-electron chi connectivity index (χ1n) is 10.7. The van der Waals surface area contributed by atoms with E-state index in [1.54, 1.807) is 7.05 Å². The van der Waals surface area contributed by atoms with Crippen LogP contribution in [0.25, 0.3) is 11.1 Å². The average molecular weight is 441 g/mol. The zero-order valence-electron chi connectivity index (χ0n) is 18.1. The highest BCUT2D eigenvalue weighted by Gasteiger charge is 2.46. The number of nitrogens with zero attached hydrogens (tertiary/aromatic N) is 4. The van der Waals surface area contributed by atoms with Crippen LogP contribution in [0.5, 0.6) is 0 Å². The molecule has 0 spiro atoms. The highest BCUT2D eigenvalue weighted by Crippen LogP contribution is 2.45. The summed E-state index contributed by atoms with van der Waals surface area (Å²) >= 11 is 0. The van der Waals surface area contributed by atoms with Gasteiger partial charge >= 0.3 is 0 Å². The quantitative estimate of drug-likeness (QED) is 0.420. The van der Waals surface area contributed by atoms with Crippen molar-refractivity contribution < 1.29 is 4.79 Å². The van der Waals surface area contributed by atoms with Crippen LogP contribution in [0, 0.1) is 0 Å². The first-order chi connectivity index (χ1) is 15.9. The maximum absolute atomic E-state index is 12.8. The third kappa shape index (κ3) is 4.00. The Labute approximate surface area is 189 Å². The maximum atomic E-state index is 12.8. The Hall–Kier alpha value is -4.27. The number of nitrogens with two attached hydrogens (primary N) is 1. The number of anilines is 1. The van der Waals surface area contributed by atoms with Crippen LogP contribution in [0.1, 0.15) is 40.4 Å². The molecule has 0 aliphatic heterocycles. The molecule has 2 aromatic carbocycles. The van der Waals surface area contributed by atoms with Gasteiger partial charge in [0, 0.05) is 19.7 Å². The molecule has 1 aliphatic rings. The molecule has 0 atom stereocenters. The Kier molecular flexibility index (Phi) is 5.01. The number of hydrogen-bond acceptors (Lipinski definition) is 6. The highest BCUT2D eigenvalue weighted by atomic mass is 16.2. The molecule has 33 heavy (non-hydrogen) atoms. The lowest BCUT2D eigenvalue weighted by Gasteiger charge is -2.17. The van der Waals surface area contributed by atoms with Crippen LogP contribution in [-0.2, 0) is 19.0 Å². The summed E-state index contributed by atoms with van der Waals surface area (Å²) in [5.41, 5.74) is 8.31. The van der Waals surface area contributed by atoms with E-state index in [-0.39, 0.29) is 23.2 Å². The second-order valence-electron chi connectivity index (χ2n) is 8.28. The minimum absolute atomic E-state index is 0.125. The number of aromatic nitrogens is 5. The van der Waals surface area contributed by atoms with Gasteiger partial charge in [0.05, 0.1) is 11.1 Å². The number of carbonyl (C=O) groups excluding carboxylic acids is 1. The fraction of sp³-hybridized carbons (Fsp3) is 0.208. The van der Waals surface area contributed by atoms with Crippen LogP contribution in [0.3, 0.4) is 0 Å². The second kappa shape index (κ2) is 8.01. The molecule has 5 rings (SSSR count). The van der Waals surface area contributed by atoms with E-state index < -0.39 is 5.54 Å². The van der Waals surface area contributed by atoms with Gasteiger partial charge in [0.25, 0.3) is 11.5 Å². The van der Waals surface area contributed by atoms with E-state index in [0.29, 0.717) is 17.8 Å².